The molecule has 5 nitrogen and oxygen atoms in total. The number of aromatic amines is 1. The van der Waals surface area contributed by atoms with Gasteiger partial charge in [-0.1, -0.05) is 30.3 Å². The van der Waals surface area contributed by atoms with Crippen LogP contribution in [-0.2, 0) is 11.2 Å². The average molecular weight is 335 g/mol. The summed E-state index contributed by atoms with van der Waals surface area (Å²) in [5, 5.41) is 7.50. The maximum Gasteiger partial charge on any atom is 0.220 e. The number of ether oxygens (including phenoxy) is 1. The first-order valence-corrected chi connectivity index (χ1v) is 8.61. The number of hydrogen-bond acceptors (Lipinski definition) is 3. The zero-order valence-corrected chi connectivity index (χ0v) is 13.9. The molecule has 0 saturated carbocycles. The van der Waals surface area contributed by atoms with Crippen molar-refractivity contribution in [1.29, 1.82) is 0 Å². The summed E-state index contributed by atoms with van der Waals surface area (Å²) in [6.45, 7) is 1.20. The Bertz CT molecular complexity index is 887. The maximum atomic E-state index is 12.2. The molecule has 1 amide bonds. The van der Waals surface area contributed by atoms with Crippen LogP contribution in [-0.4, -0.2) is 30.1 Å². The normalized spacial score (nSPS) is 15.9. The van der Waals surface area contributed by atoms with Crippen LogP contribution in [0.3, 0.4) is 0 Å². The molecule has 1 unspecified atom stereocenters. The molecular weight excluding hydrogens is 314 g/mol. The van der Waals surface area contributed by atoms with Crippen molar-refractivity contribution < 1.29 is 9.53 Å². The van der Waals surface area contributed by atoms with E-state index >= 15 is 0 Å². The number of nitrogens with one attached hydrogen (secondary N) is 3. The molecule has 0 bridgehead atoms. The SMILES string of the molecule is O=C(CCc1c[nH]c2ccccc12)NCC1CNc2ccccc2O1. The van der Waals surface area contributed by atoms with Crippen LogP contribution in [0.2, 0.25) is 0 Å². The molecule has 4 rings (SSSR count). The Morgan fingerprint density at radius 2 is 2.00 bits per heavy atom. The van der Waals surface area contributed by atoms with Crippen LogP contribution < -0.4 is 15.4 Å². The highest BCUT2D eigenvalue weighted by Gasteiger charge is 2.19. The highest BCUT2D eigenvalue weighted by atomic mass is 16.5. The molecular formula is C20H21N3O2. The summed E-state index contributed by atoms with van der Waals surface area (Å²) < 4.78 is 5.91. The summed E-state index contributed by atoms with van der Waals surface area (Å²) in [6, 6.07) is 16.0. The first-order chi connectivity index (χ1) is 12.3. The van der Waals surface area contributed by atoms with Crippen molar-refractivity contribution in [3.8, 4) is 5.75 Å². The molecule has 2 heterocycles. The van der Waals surface area contributed by atoms with Crippen molar-refractivity contribution in [3.63, 3.8) is 0 Å². The van der Waals surface area contributed by atoms with E-state index in [1.807, 2.05) is 48.7 Å². The fourth-order valence-corrected chi connectivity index (χ4v) is 3.18. The predicted molar refractivity (Wildman–Crippen MR) is 99.0 cm³/mol. The van der Waals surface area contributed by atoms with Gasteiger partial charge in [-0.25, -0.2) is 0 Å². The fourth-order valence-electron chi connectivity index (χ4n) is 3.18. The standard InChI is InChI=1S/C20H21N3O2/c24-20(10-9-14-11-21-17-6-2-1-5-16(14)17)23-13-15-12-22-18-7-3-4-8-19(18)25-15/h1-8,11,15,21-22H,9-10,12-13H2,(H,23,24). The highest BCUT2D eigenvalue weighted by Crippen LogP contribution is 2.27. The van der Waals surface area contributed by atoms with Crippen LogP contribution in [0.4, 0.5) is 5.69 Å². The number of amides is 1. The van der Waals surface area contributed by atoms with Gasteiger partial charge < -0.3 is 20.4 Å². The second-order valence-electron chi connectivity index (χ2n) is 6.28. The number of anilines is 1. The van der Waals surface area contributed by atoms with Crippen LogP contribution >= 0.6 is 0 Å². The third kappa shape index (κ3) is 3.45. The minimum Gasteiger partial charge on any atom is -0.485 e. The van der Waals surface area contributed by atoms with E-state index in [4.69, 9.17) is 4.74 Å². The molecule has 2 aromatic carbocycles. The maximum absolute atomic E-state index is 12.2. The molecule has 1 atom stereocenters. The molecule has 0 aliphatic carbocycles. The molecule has 1 aliphatic rings. The van der Waals surface area contributed by atoms with E-state index in [-0.39, 0.29) is 12.0 Å². The molecule has 0 fully saturated rings. The Hall–Kier alpha value is -2.95. The number of aromatic nitrogens is 1. The summed E-state index contributed by atoms with van der Waals surface area (Å²) in [4.78, 5) is 15.4. The second-order valence-corrected chi connectivity index (χ2v) is 6.28. The lowest BCUT2D eigenvalue weighted by Gasteiger charge is -2.27. The average Bonchev–Trinajstić information content (AvgIpc) is 3.08. The Kier molecular flexibility index (Phi) is 4.29. The molecule has 0 spiro atoms. The van der Waals surface area contributed by atoms with Gasteiger partial charge in [0.2, 0.25) is 5.91 Å². The molecule has 1 aliphatic heterocycles. The number of carbonyl (C=O) groups is 1. The number of hydrogen-bond donors (Lipinski definition) is 3. The van der Waals surface area contributed by atoms with Gasteiger partial charge in [0.25, 0.3) is 0 Å². The Morgan fingerprint density at radius 3 is 2.96 bits per heavy atom. The lowest BCUT2D eigenvalue weighted by atomic mass is 10.1. The number of H-pyrrole nitrogens is 1. The lowest BCUT2D eigenvalue weighted by molar-refractivity contribution is -0.121. The van der Waals surface area contributed by atoms with Crippen molar-refractivity contribution in [1.82, 2.24) is 10.3 Å². The Labute approximate surface area is 146 Å². The van der Waals surface area contributed by atoms with E-state index in [1.165, 1.54) is 10.9 Å². The van der Waals surface area contributed by atoms with Gasteiger partial charge in [0, 0.05) is 23.5 Å². The number of carbonyl (C=O) groups excluding carboxylic acids is 1. The van der Waals surface area contributed by atoms with E-state index in [9.17, 15) is 4.79 Å². The van der Waals surface area contributed by atoms with Gasteiger partial charge in [0.1, 0.15) is 11.9 Å². The van der Waals surface area contributed by atoms with Crippen molar-refractivity contribution in [2.75, 3.05) is 18.4 Å². The molecule has 5 heteroatoms. The number of benzene rings is 2. The third-order valence-electron chi connectivity index (χ3n) is 4.52. The number of para-hydroxylation sites is 3. The van der Waals surface area contributed by atoms with Gasteiger partial charge in [-0.05, 0) is 30.2 Å². The first-order valence-electron chi connectivity index (χ1n) is 8.61. The van der Waals surface area contributed by atoms with Crippen LogP contribution in [0.1, 0.15) is 12.0 Å². The van der Waals surface area contributed by atoms with Crippen LogP contribution in [0.25, 0.3) is 10.9 Å². The molecule has 3 N–H and O–H groups in total. The largest absolute Gasteiger partial charge is 0.485 e. The number of rotatable bonds is 5. The van der Waals surface area contributed by atoms with Crippen molar-refractivity contribution in [2.45, 2.75) is 18.9 Å². The third-order valence-corrected chi connectivity index (χ3v) is 4.52. The number of fused-ring (bicyclic) bond motifs is 2. The minimum absolute atomic E-state index is 0.0488. The second kappa shape index (κ2) is 6.89. The molecule has 0 radical (unpaired) electrons. The van der Waals surface area contributed by atoms with Crippen molar-refractivity contribution in [3.05, 3.63) is 60.3 Å². The van der Waals surface area contributed by atoms with Crippen molar-refractivity contribution in [2.24, 2.45) is 0 Å². The van der Waals surface area contributed by atoms with Gasteiger partial charge in [-0.3, -0.25) is 4.79 Å². The topological polar surface area (TPSA) is 66.2 Å². The first kappa shape index (κ1) is 15.6. The van der Waals surface area contributed by atoms with Gasteiger partial charge >= 0.3 is 0 Å². The monoisotopic (exact) mass is 335 g/mol. The van der Waals surface area contributed by atoms with Gasteiger partial charge in [-0.15, -0.1) is 0 Å². The van der Waals surface area contributed by atoms with E-state index in [2.05, 4.69) is 21.7 Å². The zero-order chi connectivity index (χ0) is 17.1. The Balaban J connectivity index is 1.27. The summed E-state index contributed by atoms with van der Waals surface area (Å²) in [7, 11) is 0. The van der Waals surface area contributed by atoms with Crippen LogP contribution in [0.15, 0.2) is 54.7 Å². The summed E-state index contributed by atoms with van der Waals surface area (Å²) in [6.07, 6.45) is 3.14. The van der Waals surface area contributed by atoms with Gasteiger partial charge in [-0.2, -0.15) is 0 Å². The minimum atomic E-state index is -0.0491. The quantitative estimate of drug-likeness (QED) is 0.671. The summed E-state index contributed by atoms with van der Waals surface area (Å²) in [5.74, 6) is 0.888. The Morgan fingerprint density at radius 1 is 1.16 bits per heavy atom. The molecule has 3 aromatic rings. The summed E-state index contributed by atoms with van der Waals surface area (Å²) in [5.41, 5.74) is 3.29. The van der Waals surface area contributed by atoms with E-state index in [0.717, 1.165) is 23.4 Å². The van der Waals surface area contributed by atoms with Crippen molar-refractivity contribution >= 4 is 22.5 Å². The van der Waals surface area contributed by atoms with Gasteiger partial charge in [0.15, 0.2) is 0 Å². The highest BCUT2D eigenvalue weighted by molar-refractivity contribution is 5.84. The summed E-state index contributed by atoms with van der Waals surface area (Å²) >= 11 is 0. The van der Waals surface area contributed by atoms with E-state index in [1.54, 1.807) is 0 Å². The van der Waals surface area contributed by atoms with E-state index < -0.39 is 0 Å². The molecule has 128 valence electrons. The van der Waals surface area contributed by atoms with Gasteiger partial charge in [0.05, 0.1) is 18.8 Å². The van der Waals surface area contributed by atoms with Crippen LogP contribution in [0.5, 0.6) is 5.75 Å². The molecule has 25 heavy (non-hydrogen) atoms. The molecule has 0 saturated heterocycles. The lowest BCUT2D eigenvalue weighted by Crippen LogP contribution is -2.41. The zero-order valence-electron chi connectivity index (χ0n) is 13.9. The molecule has 1 aromatic heterocycles. The van der Waals surface area contributed by atoms with Crippen LogP contribution in [0, 0.1) is 0 Å². The predicted octanol–water partition coefficient (Wildman–Crippen LogP) is 3.09. The number of aryl methyl sites for hydroxylation is 1. The smallest absolute Gasteiger partial charge is 0.220 e. The fraction of sp³-hybridized carbons (Fsp3) is 0.250. The van der Waals surface area contributed by atoms with E-state index in [0.29, 0.717) is 19.5 Å².